The van der Waals surface area contributed by atoms with Gasteiger partial charge in [-0.3, -0.25) is 4.79 Å². The number of nitrogens with one attached hydrogen (secondary N) is 1. The van der Waals surface area contributed by atoms with E-state index in [1.807, 2.05) is 41.8 Å². The van der Waals surface area contributed by atoms with Crippen molar-refractivity contribution in [2.45, 2.75) is 45.1 Å². The highest BCUT2D eigenvalue weighted by molar-refractivity contribution is 5.97. The van der Waals surface area contributed by atoms with Crippen molar-refractivity contribution in [1.82, 2.24) is 9.88 Å². The van der Waals surface area contributed by atoms with Gasteiger partial charge in [0.05, 0.1) is 24.1 Å². The maximum atomic E-state index is 14.7. The third-order valence-electron chi connectivity index (χ3n) is 5.91. The zero-order valence-electron chi connectivity index (χ0n) is 17.5. The van der Waals surface area contributed by atoms with Crippen LogP contribution >= 0.6 is 0 Å². The largest absolute Gasteiger partial charge is 0.497 e. The number of rotatable bonds is 5. The minimum Gasteiger partial charge on any atom is -0.497 e. The molecule has 1 aliphatic rings. The van der Waals surface area contributed by atoms with Crippen LogP contribution in [-0.2, 0) is 0 Å². The molecular weight excluding hydrogens is 379 g/mol. The molecule has 0 unspecified atom stereocenters. The van der Waals surface area contributed by atoms with Crippen LogP contribution in [0.15, 0.2) is 54.6 Å². The summed E-state index contributed by atoms with van der Waals surface area (Å²) in [5.74, 6) is 0.323. The van der Waals surface area contributed by atoms with E-state index in [-0.39, 0.29) is 17.8 Å². The summed E-state index contributed by atoms with van der Waals surface area (Å²) < 4.78 is 21.8. The van der Waals surface area contributed by atoms with E-state index in [4.69, 9.17) is 4.74 Å². The molecule has 1 heterocycles. The van der Waals surface area contributed by atoms with E-state index in [0.717, 1.165) is 48.4 Å². The highest BCUT2D eigenvalue weighted by Crippen LogP contribution is 2.32. The molecule has 30 heavy (non-hydrogen) atoms. The average molecular weight is 407 g/mol. The normalized spacial score (nSPS) is 14.5. The van der Waals surface area contributed by atoms with Crippen molar-refractivity contribution in [2.75, 3.05) is 7.11 Å². The van der Waals surface area contributed by atoms with Crippen LogP contribution in [0.25, 0.3) is 16.9 Å². The van der Waals surface area contributed by atoms with Crippen molar-refractivity contribution in [1.29, 1.82) is 0 Å². The van der Waals surface area contributed by atoms with Crippen LogP contribution in [0.5, 0.6) is 5.75 Å². The third-order valence-corrected chi connectivity index (χ3v) is 5.91. The number of ether oxygens (including phenoxy) is 1. The molecule has 156 valence electrons. The van der Waals surface area contributed by atoms with Gasteiger partial charge in [0.1, 0.15) is 11.6 Å². The van der Waals surface area contributed by atoms with Crippen molar-refractivity contribution in [3.05, 3.63) is 71.7 Å². The first kappa shape index (κ1) is 20.2. The van der Waals surface area contributed by atoms with Crippen LogP contribution in [-0.4, -0.2) is 23.6 Å². The fraction of sp³-hybridized carbons (Fsp3) is 0.320. The van der Waals surface area contributed by atoms with Gasteiger partial charge < -0.3 is 14.6 Å². The van der Waals surface area contributed by atoms with Crippen LogP contribution in [0.2, 0.25) is 0 Å². The molecule has 1 N–H and O–H groups in total. The molecule has 0 spiro atoms. The van der Waals surface area contributed by atoms with Gasteiger partial charge in [-0.05, 0) is 67.8 Å². The smallest absolute Gasteiger partial charge is 0.253 e. The number of para-hydroxylation sites is 1. The van der Waals surface area contributed by atoms with Crippen molar-refractivity contribution in [3.63, 3.8) is 0 Å². The van der Waals surface area contributed by atoms with Crippen molar-refractivity contribution >= 4 is 5.91 Å². The zero-order valence-corrected chi connectivity index (χ0v) is 17.5. The van der Waals surface area contributed by atoms with E-state index >= 15 is 0 Å². The average Bonchev–Trinajstić information content (AvgIpc) is 3.12. The van der Waals surface area contributed by atoms with Crippen molar-refractivity contribution < 1.29 is 13.9 Å². The molecule has 2 aromatic carbocycles. The van der Waals surface area contributed by atoms with Gasteiger partial charge in [0.2, 0.25) is 0 Å². The highest BCUT2D eigenvalue weighted by Gasteiger charge is 2.23. The van der Waals surface area contributed by atoms with E-state index < -0.39 is 0 Å². The Balaban J connectivity index is 1.78. The number of halogens is 1. The van der Waals surface area contributed by atoms with Gasteiger partial charge in [-0.15, -0.1) is 0 Å². The number of methoxy groups -OCH3 is 1. The Kier molecular flexibility index (Phi) is 5.88. The molecule has 4 nitrogen and oxygen atoms in total. The Morgan fingerprint density at radius 1 is 1.07 bits per heavy atom. The lowest BCUT2D eigenvalue weighted by Gasteiger charge is -2.22. The Labute approximate surface area is 176 Å². The second-order valence-corrected chi connectivity index (χ2v) is 7.85. The number of amides is 1. The van der Waals surface area contributed by atoms with Gasteiger partial charge in [0.15, 0.2) is 0 Å². The van der Waals surface area contributed by atoms with E-state index in [0.29, 0.717) is 11.3 Å². The van der Waals surface area contributed by atoms with E-state index in [1.54, 1.807) is 25.3 Å². The standard InChI is InChI=1S/C25H27FN2O2/c1-17-21(25(29)27-19-8-4-3-5-9-19)16-24(18-12-14-20(30-2)15-13-18)28(17)23-11-7-6-10-22(23)26/h6-7,10-16,19H,3-5,8-9H2,1-2H3,(H,27,29). The summed E-state index contributed by atoms with van der Waals surface area (Å²) >= 11 is 0. The first-order valence-corrected chi connectivity index (χ1v) is 10.5. The topological polar surface area (TPSA) is 43.3 Å². The second kappa shape index (κ2) is 8.74. The lowest BCUT2D eigenvalue weighted by atomic mass is 9.95. The summed E-state index contributed by atoms with van der Waals surface area (Å²) in [6, 6.07) is 16.3. The van der Waals surface area contributed by atoms with Gasteiger partial charge in [-0.2, -0.15) is 0 Å². The Morgan fingerprint density at radius 2 is 1.77 bits per heavy atom. The minimum absolute atomic E-state index is 0.0933. The van der Waals surface area contributed by atoms with E-state index in [1.165, 1.54) is 12.5 Å². The Morgan fingerprint density at radius 3 is 2.43 bits per heavy atom. The molecule has 1 saturated carbocycles. The van der Waals surface area contributed by atoms with Crippen molar-refractivity contribution in [2.24, 2.45) is 0 Å². The fourth-order valence-corrected chi connectivity index (χ4v) is 4.26. The summed E-state index contributed by atoms with van der Waals surface area (Å²) in [6.07, 6.45) is 5.57. The molecule has 0 saturated heterocycles. The first-order chi connectivity index (χ1) is 14.6. The van der Waals surface area contributed by atoms with Crippen LogP contribution in [0.4, 0.5) is 4.39 Å². The molecule has 0 atom stereocenters. The van der Waals surface area contributed by atoms with Crippen LogP contribution in [0.3, 0.4) is 0 Å². The lowest BCUT2D eigenvalue weighted by Crippen LogP contribution is -2.36. The fourth-order valence-electron chi connectivity index (χ4n) is 4.26. The maximum absolute atomic E-state index is 14.7. The summed E-state index contributed by atoms with van der Waals surface area (Å²) in [7, 11) is 1.62. The summed E-state index contributed by atoms with van der Waals surface area (Å²) in [5.41, 5.74) is 3.39. The molecule has 0 bridgehead atoms. The summed E-state index contributed by atoms with van der Waals surface area (Å²) in [5, 5.41) is 3.19. The highest BCUT2D eigenvalue weighted by atomic mass is 19.1. The van der Waals surface area contributed by atoms with Gasteiger partial charge in [0.25, 0.3) is 5.91 Å². The SMILES string of the molecule is COc1ccc(-c2cc(C(=O)NC3CCCCC3)c(C)n2-c2ccccc2F)cc1. The first-order valence-electron chi connectivity index (χ1n) is 10.5. The second-order valence-electron chi connectivity index (χ2n) is 7.85. The number of carbonyl (C=O) groups is 1. The molecule has 1 amide bonds. The van der Waals surface area contributed by atoms with Crippen LogP contribution in [0, 0.1) is 12.7 Å². The number of carbonyl (C=O) groups excluding carboxylic acids is 1. The Hall–Kier alpha value is -3.08. The number of hydrogen-bond donors (Lipinski definition) is 1. The number of hydrogen-bond acceptors (Lipinski definition) is 2. The van der Waals surface area contributed by atoms with Gasteiger partial charge in [0, 0.05) is 11.7 Å². The number of nitrogens with zero attached hydrogens (tertiary/aromatic N) is 1. The van der Waals surface area contributed by atoms with Crippen LogP contribution < -0.4 is 10.1 Å². The van der Waals surface area contributed by atoms with Crippen LogP contribution in [0.1, 0.15) is 48.2 Å². The predicted molar refractivity (Wildman–Crippen MR) is 117 cm³/mol. The van der Waals surface area contributed by atoms with E-state index in [9.17, 15) is 9.18 Å². The summed E-state index contributed by atoms with van der Waals surface area (Å²) in [6.45, 7) is 1.87. The maximum Gasteiger partial charge on any atom is 0.253 e. The van der Waals surface area contributed by atoms with Gasteiger partial charge >= 0.3 is 0 Å². The van der Waals surface area contributed by atoms with Gasteiger partial charge in [-0.25, -0.2) is 4.39 Å². The third kappa shape index (κ3) is 3.97. The molecule has 1 aromatic heterocycles. The number of benzene rings is 2. The molecule has 0 radical (unpaired) electrons. The van der Waals surface area contributed by atoms with E-state index in [2.05, 4.69) is 5.32 Å². The Bertz CT molecular complexity index is 1030. The predicted octanol–water partition coefficient (Wildman–Crippen LogP) is 5.66. The molecule has 1 fully saturated rings. The summed E-state index contributed by atoms with van der Waals surface area (Å²) in [4.78, 5) is 13.1. The molecule has 5 heteroatoms. The monoisotopic (exact) mass is 406 g/mol. The quantitative estimate of drug-likeness (QED) is 0.594. The number of aromatic nitrogens is 1. The molecular formula is C25H27FN2O2. The molecule has 3 aromatic rings. The molecule has 0 aliphatic heterocycles. The molecule has 4 rings (SSSR count). The lowest BCUT2D eigenvalue weighted by molar-refractivity contribution is 0.0927. The molecule has 1 aliphatic carbocycles. The zero-order chi connectivity index (χ0) is 21.1. The minimum atomic E-state index is -0.329. The van der Waals surface area contributed by atoms with Crippen molar-refractivity contribution in [3.8, 4) is 22.7 Å². The van der Waals surface area contributed by atoms with Gasteiger partial charge in [-0.1, -0.05) is 31.4 Å².